The minimum Gasteiger partial charge on any atom is -0.494 e. The molecule has 0 fully saturated rings. The Labute approximate surface area is 282 Å². The molecule has 15 heteroatoms. The summed E-state index contributed by atoms with van der Waals surface area (Å²) in [4.78, 5) is 48.1. The Morgan fingerprint density at radius 3 is 1.92 bits per heavy atom. The van der Waals surface area contributed by atoms with Gasteiger partial charge in [-0.15, -0.1) is 0 Å². The summed E-state index contributed by atoms with van der Waals surface area (Å²) >= 11 is 0. The van der Waals surface area contributed by atoms with E-state index in [9.17, 15) is 14.4 Å². The second-order valence-electron chi connectivity index (χ2n) is 11.7. The first-order valence-corrected chi connectivity index (χ1v) is 16.2. The van der Waals surface area contributed by atoms with Crippen molar-refractivity contribution in [2.24, 2.45) is 5.73 Å². The van der Waals surface area contributed by atoms with Gasteiger partial charge in [0, 0.05) is 31.7 Å². The molecule has 0 aliphatic carbocycles. The predicted octanol–water partition coefficient (Wildman–Crippen LogP) is 4.53. The zero-order chi connectivity index (χ0) is 34.8. The lowest BCUT2D eigenvalue weighted by atomic mass is 10.2. The Kier molecular flexibility index (Phi) is 9.16. The van der Waals surface area contributed by atoms with Gasteiger partial charge in [-0.3, -0.25) is 34.4 Å². The van der Waals surface area contributed by atoms with Crippen molar-refractivity contribution in [1.82, 2.24) is 38.7 Å². The molecular formula is C34H39N11O4. The first kappa shape index (κ1) is 32.9. The Hall–Kier alpha value is -5.99. The molecule has 0 atom stereocenters. The van der Waals surface area contributed by atoms with Crippen LogP contribution in [0.25, 0.3) is 22.1 Å². The van der Waals surface area contributed by atoms with Gasteiger partial charge in [-0.1, -0.05) is 6.07 Å². The number of hydrogen-bond acceptors (Lipinski definition) is 8. The molecule has 6 rings (SSSR count). The minimum absolute atomic E-state index is 0.307. The van der Waals surface area contributed by atoms with Crippen LogP contribution in [0.15, 0.2) is 48.5 Å². The van der Waals surface area contributed by atoms with Gasteiger partial charge in [0.05, 0.1) is 35.0 Å². The third kappa shape index (κ3) is 6.46. The predicted molar refractivity (Wildman–Crippen MR) is 185 cm³/mol. The van der Waals surface area contributed by atoms with E-state index < -0.39 is 5.91 Å². The highest BCUT2D eigenvalue weighted by Gasteiger charge is 2.21. The maximum absolute atomic E-state index is 13.4. The molecule has 0 radical (unpaired) electrons. The molecule has 254 valence electrons. The maximum Gasteiger partial charge on any atom is 0.276 e. The molecule has 4 aromatic heterocycles. The van der Waals surface area contributed by atoms with Crippen LogP contribution < -0.4 is 21.1 Å². The highest BCUT2D eigenvalue weighted by molar-refractivity contribution is 6.04. The number of primary amides is 1. The van der Waals surface area contributed by atoms with E-state index in [-0.39, 0.29) is 11.8 Å². The second kappa shape index (κ2) is 13.6. The van der Waals surface area contributed by atoms with E-state index in [0.29, 0.717) is 84.7 Å². The van der Waals surface area contributed by atoms with E-state index in [1.54, 1.807) is 46.8 Å². The molecule has 4 heterocycles. The number of nitrogens with one attached hydrogen (secondary N) is 2. The molecule has 15 nitrogen and oxygen atoms in total. The van der Waals surface area contributed by atoms with Gasteiger partial charge in [0.25, 0.3) is 11.8 Å². The molecule has 2 aromatic carbocycles. The normalized spacial score (nSPS) is 11.4. The fraction of sp³-hybridized carbons (Fsp3) is 0.324. The summed E-state index contributed by atoms with van der Waals surface area (Å²) in [7, 11) is 1.60. The quantitative estimate of drug-likeness (QED) is 0.150. The standard InChI is InChI=1S/C34H39N11O4/c1-6-44-26(17-20(3)40-44)31(47)38-33-37-24-19-22(30(35)46)13-14-25(24)42(33)15-8-9-16-43-29-23(11-10-12-28(29)49-5)36-34(43)39-32(48)27-18-21(4)41-45(27)7-2/h10-14,17-19H,6-9,15-16H2,1-5H3,(H2,35,46)(H,36,39,48)(H,37,38,47). The zero-order valence-corrected chi connectivity index (χ0v) is 28.1. The van der Waals surface area contributed by atoms with Crippen LogP contribution in [-0.4, -0.2) is 63.5 Å². The van der Waals surface area contributed by atoms with E-state index in [1.165, 1.54) is 0 Å². The van der Waals surface area contributed by atoms with Crippen LogP contribution in [0.5, 0.6) is 5.75 Å². The summed E-state index contributed by atoms with van der Waals surface area (Å²) in [6.45, 7) is 9.62. The number of rotatable bonds is 13. The molecule has 0 aliphatic heterocycles. The number of hydrogen-bond donors (Lipinski definition) is 3. The topological polar surface area (TPSA) is 182 Å². The third-order valence-electron chi connectivity index (χ3n) is 8.32. The summed E-state index contributed by atoms with van der Waals surface area (Å²) < 4.78 is 12.8. The minimum atomic E-state index is -0.565. The Morgan fingerprint density at radius 1 is 0.776 bits per heavy atom. The van der Waals surface area contributed by atoms with Gasteiger partial charge >= 0.3 is 0 Å². The van der Waals surface area contributed by atoms with E-state index in [2.05, 4.69) is 25.8 Å². The smallest absolute Gasteiger partial charge is 0.276 e. The number of methoxy groups -OCH3 is 1. The molecule has 0 spiro atoms. The van der Waals surface area contributed by atoms with Gasteiger partial charge in [-0.05, 0) is 83.0 Å². The molecular weight excluding hydrogens is 626 g/mol. The highest BCUT2D eigenvalue weighted by Crippen LogP contribution is 2.30. The third-order valence-corrected chi connectivity index (χ3v) is 8.32. The second-order valence-corrected chi connectivity index (χ2v) is 11.7. The van der Waals surface area contributed by atoms with Gasteiger partial charge in [0.2, 0.25) is 17.8 Å². The molecule has 6 aromatic rings. The average Bonchev–Trinajstić information content (AvgIpc) is 3.84. The molecule has 49 heavy (non-hydrogen) atoms. The van der Waals surface area contributed by atoms with Crippen molar-refractivity contribution in [2.75, 3.05) is 17.7 Å². The fourth-order valence-electron chi connectivity index (χ4n) is 6.04. The Bertz CT molecular complexity index is 2200. The molecule has 0 saturated carbocycles. The molecule has 3 amide bonds. The number of imidazole rings is 2. The number of aromatic nitrogens is 8. The van der Waals surface area contributed by atoms with Crippen LogP contribution >= 0.6 is 0 Å². The Balaban J connectivity index is 1.27. The molecule has 0 bridgehead atoms. The summed E-state index contributed by atoms with van der Waals surface area (Å²) in [5.74, 6) is 0.161. The SMILES string of the molecule is CCn1nc(C)cc1C(=O)Nc1nc2cc(C(N)=O)ccc2n1CCCCn1c(NC(=O)c2cc(C)nn2CC)nc2cccc(OC)c21. The first-order chi connectivity index (χ1) is 23.6. The number of ether oxygens (including phenoxy) is 1. The van der Waals surface area contributed by atoms with Crippen molar-refractivity contribution in [1.29, 1.82) is 0 Å². The number of nitrogens with two attached hydrogens (primary N) is 1. The number of fused-ring (bicyclic) bond motifs is 2. The number of unbranched alkanes of at least 4 members (excludes halogenated alkanes) is 1. The van der Waals surface area contributed by atoms with Crippen molar-refractivity contribution in [3.8, 4) is 5.75 Å². The lowest BCUT2D eigenvalue weighted by Crippen LogP contribution is -2.20. The first-order valence-electron chi connectivity index (χ1n) is 16.2. The van der Waals surface area contributed by atoms with Crippen molar-refractivity contribution in [3.05, 3.63) is 76.9 Å². The van der Waals surface area contributed by atoms with Gasteiger partial charge in [0.1, 0.15) is 22.7 Å². The number of nitrogens with zero attached hydrogens (tertiary/aromatic N) is 8. The van der Waals surface area contributed by atoms with Crippen LogP contribution in [0.4, 0.5) is 11.9 Å². The molecule has 0 aliphatic rings. The number of aryl methyl sites for hydroxylation is 6. The van der Waals surface area contributed by atoms with Crippen molar-refractivity contribution in [2.45, 2.75) is 66.7 Å². The van der Waals surface area contributed by atoms with E-state index in [1.807, 2.05) is 55.0 Å². The zero-order valence-electron chi connectivity index (χ0n) is 28.1. The number of anilines is 2. The van der Waals surface area contributed by atoms with Crippen molar-refractivity contribution < 1.29 is 19.1 Å². The maximum atomic E-state index is 13.4. The number of amides is 3. The molecule has 4 N–H and O–H groups in total. The number of carbonyl (C=O) groups excluding carboxylic acids is 3. The highest BCUT2D eigenvalue weighted by atomic mass is 16.5. The number of para-hydroxylation sites is 1. The number of benzene rings is 2. The van der Waals surface area contributed by atoms with E-state index in [4.69, 9.17) is 15.5 Å². The fourth-order valence-corrected chi connectivity index (χ4v) is 6.04. The van der Waals surface area contributed by atoms with Crippen LogP contribution in [0.3, 0.4) is 0 Å². The van der Waals surface area contributed by atoms with Crippen LogP contribution in [0, 0.1) is 13.8 Å². The largest absolute Gasteiger partial charge is 0.494 e. The summed E-state index contributed by atoms with van der Waals surface area (Å²) in [6, 6.07) is 14.1. The molecule has 0 saturated heterocycles. The Morgan fingerprint density at radius 2 is 1.35 bits per heavy atom. The van der Waals surface area contributed by atoms with Crippen molar-refractivity contribution in [3.63, 3.8) is 0 Å². The lowest BCUT2D eigenvalue weighted by molar-refractivity contribution is 0.0995. The van der Waals surface area contributed by atoms with Crippen LogP contribution in [-0.2, 0) is 26.2 Å². The summed E-state index contributed by atoms with van der Waals surface area (Å²) in [5, 5.41) is 14.7. The van der Waals surface area contributed by atoms with Gasteiger partial charge in [-0.2, -0.15) is 10.2 Å². The summed E-state index contributed by atoms with van der Waals surface area (Å²) in [6.07, 6.45) is 1.34. The van der Waals surface area contributed by atoms with Crippen LogP contribution in [0.2, 0.25) is 0 Å². The van der Waals surface area contributed by atoms with Gasteiger partial charge < -0.3 is 19.6 Å². The van der Waals surface area contributed by atoms with Crippen molar-refractivity contribution >= 4 is 51.7 Å². The average molecular weight is 666 g/mol. The summed E-state index contributed by atoms with van der Waals surface area (Å²) in [5.41, 5.74) is 10.9. The lowest BCUT2D eigenvalue weighted by Gasteiger charge is -2.14. The molecule has 0 unspecified atom stereocenters. The number of carbonyl (C=O) groups is 3. The van der Waals surface area contributed by atoms with E-state index >= 15 is 0 Å². The monoisotopic (exact) mass is 665 g/mol. The van der Waals surface area contributed by atoms with E-state index in [0.717, 1.165) is 22.4 Å². The van der Waals surface area contributed by atoms with Gasteiger partial charge in [0.15, 0.2) is 0 Å². The van der Waals surface area contributed by atoms with Crippen LogP contribution in [0.1, 0.15) is 69.4 Å². The van der Waals surface area contributed by atoms with Gasteiger partial charge in [-0.25, -0.2) is 9.97 Å².